The SMILES string of the molecule is CCCCCCCCc1cnc(-c2ccc(OC(=O)C(C)(C#N)CCCCC)cc2)nc1. The maximum Gasteiger partial charge on any atom is 0.331 e. The van der Waals surface area contributed by atoms with Gasteiger partial charge in [0, 0.05) is 18.0 Å². The van der Waals surface area contributed by atoms with Gasteiger partial charge in [0.25, 0.3) is 0 Å². The van der Waals surface area contributed by atoms with Gasteiger partial charge in [0.1, 0.15) is 5.75 Å². The second-order valence-electron chi connectivity index (χ2n) is 8.75. The van der Waals surface area contributed by atoms with Crippen molar-refractivity contribution in [1.29, 1.82) is 5.26 Å². The molecule has 0 bridgehead atoms. The van der Waals surface area contributed by atoms with Crippen molar-refractivity contribution in [2.24, 2.45) is 5.41 Å². The van der Waals surface area contributed by atoms with E-state index in [2.05, 4.69) is 29.9 Å². The van der Waals surface area contributed by atoms with Crippen LogP contribution in [0.2, 0.25) is 0 Å². The predicted octanol–water partition coefficient (Wildman–Crippen LogP) is 7.06. The highest BCUT2D eigenvalue weighted by atomic mass is 16.5. The third-order valence-electron chi connectivity index (χ3n) is 5.82. The zero-order chi connectivity index (χ0) is 23.2. The van der Waals surface area contributed by atoms with E-state index >= 15 is 0 Å². The number of hydrogen-bond donors (Lipinski definition) is 0. The Balaban J connectivity index is 1.89. The molecule has 32 heavy (non-hydrogen) atoms. The van der Waals surface area contributed by atoms with Crippen LogP contribution < -0.4 is 4.74 Å². The average Bonchev–Trinajstić information content (AvgIpc) is 2.82. The van der Waals surface area contributed by atoms with Crippen LogP contribution in [0.3, 0.4) is 0 Å². The van der Waals surface area contributed by atoms with E-state index in [0.717, 1.165) is 36.8 Å². The number of unbranched alkanes of at least 4 members (excludes halogenated alkanes) is 7. The first-order valence-corrected chi connectivity index (χ1v) is 12.1. The van der Waals surface area contributed by atoms with Crippen LogP contribution in [0, 0.1) is 16.7 Å². The van der Waals surface area contributed by atoms with Crippen molar-refractivity contribution in [2.75, 3.05) is 0 Å². The summed E-state index contributed by atoms with van der Waals surface area (Å²) < 4.78 is 5.49. The molecule has 2 rings (SSSR count). The molecule has 0 N–H and O–H groups in total. The van der Waals surface area contributed by atoms with Gasteiger partial charge in [-0.05, 0) is 56.0 Å². The monoisotopic (exact) mass is 435 g/mol. The maximum atomic E-state index is 12.5. The third-order valence-corrected chi connectivity index (χ3v) is 5.82. The van der Waals surface area contributed by atoms with E-state index in [4.69, 9.17) is 4.74 Å². The first-order valence-electron chi connectivity index (χ1n) is 12.1. The lowest BCUT2D eigenvalue weighted by molar-refractivity contribution is -0.142. The number of nitrogens with zero attached hydrogens (tertiary/aromatic N) is 3. The minimum absolute atomic E-state index is 0.426. The molecule has 0 aliphatic rings. The molecule has 1 unspecified atom stereocenters. The molecule has 5 nitrogen and oxygen atoms in total. The van der Waals surface area contributed by atoms with Crippen LogP contribution in [-0.2, 0) is 11.2 Å². The molecule has 0 saturated heterocycles. The summed E-state index contributed by atoms with van der Waals surface area (Å²) in [5, 5.41) is 9.48. The number of carbonyl (C=O) groups is 1. The van der Waals surface area contributed by atoms with E-state index in [-0.39, 0.29) is 0 Å². The second-order valence-corrected chi connectivity index (χ2v) is 8.75. The molecule has 0 spiro atoms. The van der Waals surface area contributed by atoms with Gasteiger partial charge in [-0.3, -0.25) is 0 Å². The van der Waals surface area contributed by atoms with Crippen LogP contribution in [0.4, 0.5) is 0 Å². The number of rotatable bonds is 14. The van der Waals surface area contributed by atoms with Gasteiger partial charge < -0.3 is 4.74 Å². The summed E-state index contributed by atoms with van der Waals surface area (Å²) in [6, 6.07) is 9.26. The summed E-state index contributed by atoms with van der Waals surface area (Å²) in [4.78, 5) is 21.5. The van der Waals surface area contributed by atoms with Crippen molar-refractivity contribution in [1.82, 2.24) is 9.97 Å². The van der Waals surface area contributed by atoms with Gasteiger partial charge >= 0.3 is 5.97 Å². The lowest BCUT2D eigenvalue weighted by Gasteiger charge is -2.19. The molecular weight excluding hydrogens is 398 g/mol. The van der Waals surface area contributed by atoms with Gasteiger partial charge in [-0.1, -0.05) is 65.2 Å². The summed E-state index contributed by atoms with van der Waals surface area (Å²) in [5.74, 6) is 0.575. The highest BCUT2D eigenvalue weighted by Gasteiger charge is 2.35. The number of aryl methyl sites for hydroxylation is 1. The summed E-state index contributed by atoms with van der Waals surface area (Å²) >= 11 is 0. The molecule has 0 radical (unpaired) electrons. The van der Waals surface area contributed by atoms with Crippen molar-refractivity contribution in [3.63, 3.8) is 0 Å². The molecule has 0 aliphatic heterocycles. The zero-order valence-electron chi connectivity index (χ0n) is 19.9. The minimum Gasteiger partial charge on any atom is -0.425 e. The van der Waals surface area contributed by atoms with E-state index in [1.807, 2.05) is 24.5 Å². The number of hydrogen-bond acceptors (Lipinski definition) is 5. The van der Waals surface area contributed by atoms with Crippen LogP contribution in [0.25, 0.3) is 11.4 Å². The van der Waals surface area contributed by atoms with Gasteiger partial charge in [-0.15, -0.1) is 0 Å². The van der Waals surface area contributed by atoms with Gasteiger partial charge in [0.15, 0.2) is 11.2 Å². The standard InChI is InChI=1S/C27H37N3O2/c1-4-6-8-9-10-11-13-22-19-29-25(30-20-22)23-14-16-24(17-15-23)32-26(31)27(3,21-28)18-12-7-5-2/h14-17,19-20H,4-13,18H2,1-3H3. The normalized spacial score (nSPS) is 12.7. The maximum absolute atomic E-state index is 12.5. The molecule has 5 heteroatoms. The number of esters is 1. The smallest absolute Gasteiger partial charge is 0.331 e. The van der Waals surface area contributed by atoms with Crippen LogP contribution in [0.15, 0.2) is 36.7 Å². The fraction of sp³-hybridized carbons (Fsp3) is 0.556. The Hall–Kier alpha value is -2.74. The topological polar surface area (TPSA) is 75.9 Å². The molecular formula is C27H37N3O2. The zero-order valence-corrected chi connectivity index (χ0v) is 19.9. The Morgan fingerprint density at radius 3 is 2.16 bits per heavy atom. The van der Waals surface area contributed by atoms with Crippen molar-refractivity contribution in [2.45, 2.75) is 91.4 Å². The van der Waals surface area contributed by atoms with Crippen LogP contribution in [0.1, 0.15) is 90.5 Å². The van der Waals surface area contributed by atoms with Crippen molar-refractivity contribution < 1.29 is 9.53 Å². The van der Waals surface area contributed by atoms with Gasteiger partial charge in [-0.25, -0.2) is 14.8 Å². The fourth-order valence-electron chi connectivity index (χ4n) is 3.57. The number of ether oxygens (including phenoxy) is 1. The van der Waals surface area contributed by atoms with Crippen molar-refractivity contribution >= 4 is 5.97 Å². The lowest BCUT2D eigenvalue weighted by Crippen LogP contribution is -2.30. The van der Waals surface area contributed by atoms with E-state index in [9.17, 15) is 10.1 Å². The van der Waals surface area contributed by atoms with E-state index in [0.29, 0.717) is 18.0 Å². The molecule has 1 aromatic carbocycles. The second kappa shape index (κ2) is 13.6. The molecule has 0 aliphatic carbocycles. The van der Waals surface area contributed by atoms with E-state index in [1.54, 1.807) is 19.1 Å². The Morgan fingerprint density at radius 1 is 0.938 bits per heavy atom. The molecule has 0 saturated carbocycles. The summed E-state index contributed by atoms with van der Waals surface area (Å²) in [5.41, 5.74) is 0.901. The molecule has 0 amide bonds. The first kappa shape index (κ1) is 25.5. The third kappa shape index (κ3) is 8.07. The predicted molar refractivity (Wildman–Crippen MR) is 128 cm³/mol. The van der Waals surface area contributed by atoms with E-state index < -0.39 is 11.4 Å². The number of nitriles is 1. The Bertz CT molecular complexity index is 856. The summed E-state index contributed by atoms with van der Waals surface area (Å²) in [7, 11) is 0. The van der Waals surface area contributed by atoms with Crippen molar-refractivity contribution in [3.8, 4) is 23.2 Å². The number of carbonyl (C=O) groups excluding carboxylic acids is 1. The molecule has 0 fully saturated rings. The average molecular weight is 436 g/mol. The largest absolute Gasteiger partial charge is 0.425 e. The fourth-order valence-corrected chi connectivity index (χ4v) is 3.57. The minimum atomic E-state index is -1.12. The van der Waals surface area contributed by atoms with E-state index in [1.165, 1.54) is 38.5 Å². The van der Waals surface area contributed by atoms with Gasteiger partial charge in [-0.2, -0.15) is 5.26 Å². The Labute approximate surface area is 193 Å². The Kier molecular flexibility index (Phi) is 10.9. The first-order chi connectivity index (χ1) is 15.5. The highest BCUT2D eigenvalue weighted by Crippen LogP contribution is 2.27. The molecule has 172 valence electrons. The molecule has 1 aromatic heterocycles. The molecule has 1 heterocycles. The Morgan fingerprint density at radius 2 is 1.53 bits per heavy atom. The van der Waals surface area contributed by atoms with Crippen LogP contribution in [-0.4, -0.2) is 15.9 Å². The van der Waals surface area contributed by atoms with Crippen LogP contribution in [0.5, 0.6) is 5.75 Å². The van der Waals surface area contributed by atoms with Crippen LogP contribution >= 0.6 is 0 Å². The summed E-state index contributed by atoms with van der Waals surface area (Å²) in [6.07, 6.45) is 15.8. The van der Waals surface area contributed by atoms with Gasteiger partial charge in [0.05, 0.1) is 6.07 Å². The lowest BCUT2D eigenvalue weighted by atomic mass is 9.86. The quantitative estimate of drug-likeness (QED) is 0.180. The number of benzene rings is 1. The highest BCUT2D eigenvalue weighted by molar-refractivity contribution is 5.81. The molecule has 2 aromatic rings. The summed E-state index contributed by atoms with van der Waals surface area (Å²) in [6.45, 7) is 5.98. The van der Waals surface area contributed by atoms with Gasteiger partial charge in [0.2, 0.25) is 0 Å². The number of aromatic nitrogens is 2. The van der Waals surface area contributed by atoms with Crippen molar-refractivity contribution in [3.05, 3.63) is 42.2 Å². The molecule has 1 atom stereocenters.